The molecule has 5 nitrogen and oxygen atoms in total. The van der Waals surface area contributed by atoms with Crippen molar-refractivity contribution >= 4 is 11.6 Å². The summed E-state index contributed by atoms with van der Waals surface area (Å²) in [5, 5.41) is 9.16. The third-order valence-corrected chi connectivity index (χ3v) is 3.44. The highest BCUT2D eigenvalue weighted by Gasteiger charge is 2.16. The minimum atomic E-state index is -1.03. The van der Waals surface area contributed by atoms with Crippen molar-refractivity contribution in [3.63, 3.8) is 0 Å². The SMILES string of the molecule is COc1ccc(-c2[nH]ncc2C(=O)Nc2ccc(F)c(F)c2)cc1. The minimum Gasteiger partial charge on any atom is -0.497 e. The van der Waals surface area contributed by atoms with Gasteiger partial charge in [0.05, 0.1) is 24.6 Å². The van der Waals surface area contributed by atoms with Crippen LogP contribution in [0.3, 0.4) is 0 Å². The number of halogens is 2. The lowest BCUT2D eigenvalue weighted by Gasteiger charge is -2.07. The summed E-state index contributed by atoms with van der Waals surface area (Å²) < 4.78 is 31.3. The Morgan fingerprint density at radius 3 is 2.54 bits per heavy atom. The van der Waals surface area contributed by atoms with Crippen molar-refractivity contribution in [1.82, 2.24) is 10.2 Å². The molecular weight excluding hydrogens is 316 g/mol. The van der Waals surface area contributed by atoms with Crippen LogP contribution in [0.2, 0.25) is 0 Å². The number of aromatic nitrogens is 2. The monoisotopic (exact) mass is 329 g/mol. The van der Waals surface area contributed by atoms with E-state index in [4.69, 9.17) is 4.74 Å². The summed E-state index contributed by atoms with van der Waals surface area (Å²) in [4.78, 5) is 12.4. The van der Waals surface area contributed by atoms with Crippen LogP contribution in [0.15, 0.2) is 48.7 Å². The number of aromatic amines is 1. The fourth-order valence-electron chi connectivity index (χ4n) is 2.21. The molecule has 0 aliphatic rings. The summed E-state index contributed by atoms with van der Waals surface area (Å²) >= 11 is 0. The molecule has 0 aliphatic heterocycles. The average Bonchev–Trinajstić information content (AvgIpc) is 3.08. The Labute approximate surface area is 136 Å². The molecule has 24 heavy (non-hydrogen) atoms. The number of hydrogen-bond donors (Lipinski definition) is 2. The van der Waals surface area contributed by atoms with Crippen molar-refractivity contribution in [1.29, 1.82) is 0 Å². The Bertz CT molecular complexity index is 876. The maximum atomic E-state index is 13.2. The predicted molar refractivity (Wildman–Crippen MR) is 84.9 cm³/mol. The number of hydrogen-bond acceptors (Lipinski definition) is 3. The van der Waals surface area contributed by atoms with Gasteiger partial charge in [-0.05, 0) is 36.4 Å². The van der Waals surface area contributed by atoms with Gasteiger partial charge in [-0.1, -0.05) is 0 Å². The predicted octanol–water partition coefficient (Wildman–Crippen LogP) is 3.62. The molecule has 7 heteroatoms. The first kappa shape index (κ1) is 15.7. The Hall–Kier alpha value is -3.22. The molecule has 1 amide bonds. The molecule has 0 spiro atoms. The highest BCUT2D eigenvalue weighted by Crippen LogP contribution is 2.24. The van der Waals surface area contributed by atoms with Gasteiger partial charge in [0.1, 0.15) is 5.75 Å². The highest BCUT2D eigenvalue weighted by molar-refractivity contribution is 6.07. The van der Waals surface area contributed by atoms with E-state index in [1.165, 1.54) is 12.3 Å². The van der Waals surface area contributed by atoms with Gasteiger partial charge in [-0.2, -0.15) is 5.10 Å². The van der Waals surface area contributed by atoms with Crippen molar-refractivity contribution < 1.29 is 18.3 Å². The van der Waals surface area contributed by atoms with E-state index in [9.17, 15) is 13.6 Å². The second-order valence-electron chi connectivity index (χ2n) is 4.97. The van der Waals surface area contributed by atoms with Crippen LogP contribution in [0.5, 0.6) is 5.75 Å². The number of benzene rings is 2. The van der Waals surface area contributed by atoms with Crippen LogP contribution >= 0.6 is 0 Å². The zero-order chi connectivity index (χ0) is 17.1. The molecule has 0 aliphatic carbocycles. The molecule has 0 saturated heterocycles. The highest BCUT2D eigenvalue weighted by atomic mass is 19.2. The van der Waals surface area contributed by atoms with E-state index in [2.05, 4.69) is 15.5 Å². The average molecular weight is 329 g/mol. The molecule has 0 fully saturated rings. The lowest BCUT2D eigenvalue weighted by Crippen LogP contribution is -2.12. The van der Waals surface area contributed by atoms with Crippen LogP contribution in [0, 0.1) is 11.6 Å². The zero-order valence-corrected chi connectivity index (χ0v) is 12.6. The lowest BCUT2D eigenvalue weighted by atomic mass is 10.1. The fraction of sp³-hybridized carbons (Fsp3) is 0.0588. The van der Waals surface area contributed by atoms with E-state index in [0.717, 1.165) is 17.7 Å². The molecule has 2 N–H and O–H groups in total. The summed E-state index contributed by atoms with van der Waals surface area (Å²) in [5.41, 5.74) is 1.69. The molecule has 1 aromatic heterocycles. The third-order valence-electron chi connectivity index (χ3n) is 3.44. The smallest absolute Gasteiger partial charge is 0.259 e. The van der Waals surface area contributed by atoms with Gasteiger partial charge in [0.25, 0.3) is 5.91 Å². The Kier molecular flexibility index (Phi) is 4.24. The van der Waals surface area contributed by atoms with Crippen molar-refractivity contribution in [3.8, 4) is 17.0 Å². The Morgan fingerprint density at radius 2 is 1.88 bits per heavy atom. The maximum Gasteiger partial charge on any atom is 0.259 e. The van der Waals surface area contributed by atoms with Gasteiger partial charge in [0.15, 0.2) is 11.6 Å². The Balaban J connectivity index is 1.85. The van der Waals surface area contributed by atoms with Gasteiger partial charge in [-0.3, -0.25) is 9.89 Å². The summed E-state index contributed by atoms with van der Waals surface area (Å²) in [5.74, 6) is -1.81. The topological polar surface area (TPSA) is 67.0 Å². The molecule has 0 unspecified atom stereocenters. The second-order valence-corrected chi connectivity index (χ2v) is 4.97. The van der Waals surface area contributed by atoms with Gasteiger partial charge < -0.3 is 10.1 Å². The fourth-order valence-corrected chi connectivity index (χ4v) is 2.21. The van der Waals surface area contributed by atoms with Crippen LogP contribution in [-0.4, -0.2) is 23.2 Å². The van der Waals surface area contributed by atoms with Crippen molar-refractivity contribution in [2.24, 2.45) is 0 Å². The number of carbonyl (C=O) groups is 1. The largest absolute Gasteiger partial charge is 0.497 e. The molecule has 2 aromatic carbocycles. The van der Waals surface area contributed by atoms with Crippen LogP contribution in [0.25, 0.3) is 11.3 Å². The summed E-state index contributed by atoms with van der Waals surface area (Å²) in [6, 6.07) is 10.2. The van der Waals surface area contributed by atoms with Gasteiger partial charge in [-0.25, -0.2) is 8.78 Å². The summed E-state index contributed by atoms with van der Waals surface area (Å²) in [6.07, 6.45) is 1.37. The van der Waals surface area contributed by atoms with Crippen LogP contribution in [0.4, 0.5) is 14.5 Å². The minimum absolute atomic E-state index is 0.154. The molecule has 3 rings (SSSR count). The van der Waals surface area contributed by atoms with Crippen molar-refractivity contribution in [3.05, 3.63) is 65.9 Å². The summed E-state index contributed by atoms with van der Waals surface area (Å²) in [7, 11) is 1.56. The van der Waals surface area contributed by atoms with Gasteiger partial charge in [0, 0.05) is 17.3 Å². The molecule has 3 aromatic rings. The third kappa shape index (κ3) is 3.10. The van der Waals surface area contributed by atoms with Gasteiger partial charge >= 0.3 is 0 Å². The number of anilines is 1. The van der Waals surface area contributed by atoms with Crippen molar-refractivity contribution in [2.45, 2.75) is 0 Å². The molecule has 0 saturated carbocycles. The van der Waals surface area contributed by atoms with Crippen LogP contribution in [0.1, 0.15) is 10.4 Å². The number of H-pyrrole nitrogens is 1. The standard InChI is InChI=1S/C17H13F2N3O2/c1-24-12-5-2-10(3-6-12)16-13(9-20-22-16)17(23)21-11-4-7-14(18)15(19)8-11/h2-9H,1H3,(H,20,22)(H,21,23). The number of nitrogens with one attached hydrogen (secondary N) is 2. The zero-order valence-electron chi connectivity index (χ0n) is 12.6. The van der Waals surface area contributed by atoms with E-state index in [0.29, 0.717) is 11.4 Å². The van der Waals surface area contributed by atoms with E-state index in [1.54, 1.807) is 31.4 Å². The number of amides is 1. The number of ether oxygens (including phenoxy) is 1. The molecular formula is C17H13F2N3O2. The molecule has 1 heterocycles. The van der Waals surface area contributed by atoms with Crippen LogP contribution < -0.4 is 10.1 Å². The number of rotatable bonds is 4. The normalized spacial score (nSPS) is 10.5. The number of carbonyl (C=O) groups excluding carboxylic acids is 1. The van der Waals surface area contributed by atoms with E-state index < -0.39 is 17.5 Å². The van der Waals surface area contributed by atoms with Crippen molar-refractivity contribution in [2.75, 3.05) is 12.4 Å². The second kappa shape index (κ2) is 6.49. The van der Waals surface area contributed by atoms with E-state index >= 15 is 0 Å². The van der Waals surface area contributed by atoms with Gasteiger partial charge in [0.2, 0.25) is 0 Å². The Morgan fingerprint density at radius 1 is 1.12 bits per heavy atom. The quantitative estimate of drug-likeness (QED) is 0.768. The molecule has 122 valence electrons. The van der Waals surface area contributed by atoms with Gasteiger partial charge in [-0.15, -0.1) is 0 Å². The molecule has 0 bridgehead atoms. The van der Waals surface area contributed by atoms with E-state index in [1.807, 2.05) is 0 Å². The first-order valence-electron chi connectivity index (χ1n) is 7.02. The van der Waals surface area contributed by atoms with Crippen LogP contribution in [-0.2, 0) is 0 Å². The summed E-state index contributed by atoms with van der Waals surface area (Å²) in [6.45, 7) is 0. The maximum absolute atomic E-state index is 13.2. The van der Waals surface area contributed by atoms with E-state index in [-0.39, 0.29) is 11.3 Å². The first-order chi connectivity index (χ1) is 11.6. The molecule has 0 atom stereocenters. The number of methoxy groups -OCH3 is 1. The lowest BCUT2D eigenvalue weighted by molar-refractivity contribution is 0.102. The molecule has 0 radical (unpaired) electrons. The first-order valence-corrected chi connectivity index (χ1v) is 7.02. The number of nitrogens with zero attached hydrogens (tertiary/aromatic N) is 1.